The lowest BCUT2D eigenvalue weighted by Gasteiger charge is -2.32. The number of aryl methyl sites for hydroxylation is 1. The lowest BCUT2D eigenvalue weighted by Crippen LogP contribution is -2.45. The highest BCUT2D eigenvalue weighted by molar-refractivity contribution is 8.00. The number of ether oxygens (including phenoxy) is 4. The number of phenols is 1. The second-order valence-corrected chi connectivity index (χ2v) is 37.4. The number of carbonyl (C=O) groups excluding carboxylic acids is 4. The van der Waals surface area contributed by atoms with Crippen molar-refractivity contribution in [3.8, 4) is 29.3 Å². The molecule has 0 aliphatic carbocycles. The molecule has 16 rings (SSSR count). The molecule has 4 aliphatic rings. The van der Waals surface area contributed by atoms with Gasteiger partial charge in [0.05, 0.1) is 117 Å². The third-order valence-electron chi connectivity index (χ3n) is 21.3. The monoisotopic (exact) mass is 1970 g/mol. The zero-order chi connectivity index (χ0) is 94.9. The van der Waals surface area contributed by atoms with Crippen molar-refractivity contribution in [2.75, 3.05) is 153 Å². The van der Waals surface area contributed by atoms with Crippen molar-refractivity contribution in [2.24, 2.45) is 22.9 Å². The summed E-state index contributed by atoms with van der Waals surface area (Å²) in [6, 6.07) is 44.4. The smallest absolute Gasteiger partial charge is 0.250 e. The van der Waals surface area contributed by atoms with E-state index in [2.05, 4.69) is 116 Å². The van der Waals surface area contributed by atoms with Crippen LogP contribution in [0.4, 0.5) is 23.8 Å². The van der Waals surface area contributed by atoms with Gasteiger partial charge in [-0.2, -0.15) is 19.9 Å². The molecule has 700 valence electrons. The van der Waals surface area contributed by atoms with Gasteiger partial charge in [-0.05, 0) is 161 Å². The number of aromatic nitrogens is 10. The van der Waals surface area contributed by atoms with Gasteiger partial charge in [0.2, 0.25) is 70.9 Å². The van der Waals surface area contributed by atoms with Gasteiger partial charge in [0.25, 0.3) is 0 Å². The minimum absolute atomic E-state index is 0.141. The van der Waals surface area contributed by atoms with E-state index in [9.17, 15) is 34.5 Å². The number of likely N-dealkylation sites (N-methyl/N-ethyl adjacent to an activating group) is 4. The van der Waals surface area contributed by atoms with Crippen molar-refractivity contribution in [1.82, 2.24) is 69.4 Å². The number of aliphatic hydroxyl groups is 2. The maximum atomic E-state index is 11.5. The quantitative estimate of drug-likeness (QED) is 0.0220. The van der Waals surface area contributed by atoms with E-state index in [0.29, 0.717) is 96.3 Å². The fraction of sp³-hybridized carbons (Fsp3) is 0.290. The molecule has 12 aromatic rings. The number of benzene rings is 6. The zero-order valence-electron chi connectivity index (χ0n) is 74.0. The van der Waals surface area contributed by atoms with Crippen LogP contribution in [0.3, 0.4) is 0 Å². The van der Waals surface area contributed by atoms with E-state index in [4.69, 9.17) is 108 Å². The van der Waals surface area contributed by atoms with Crippen molar-refractivity contribution < 1.29 is 53.4 Å². The molecule has 10 heterocycles. The number of rotatable bonds is 30. The van der Waals surface area contributed by atoms with Crippen molar-refractivity contribution in [3.63, 3.8) is 0 Å². The SMILES string of the molecule is CN1CCN(c2ncc(Sc3ccc(C(N)=O)c(Cl)c3)c(OCc3cccc(CO)n3)n2)CC1.CN1CCN(c2ncc(Sc3ccc(C(N)=O)c(Cl)c3)c(OCc3cccc(O)c3)n2)CC1.CN1CCN(c2ncc(Sc3ccc(C(N)=O)c(Cl)c3)c(OCc3ccnc(CO)c3)n2)CC1.Cc1cccc(COc2nc(N3CCN(C)CC3)ncc2Sc2ccc(C(N)=O)c(Cl)c2)c1. The topological polar surface area (TPSA) is 425 Å². The maximum absolute atomic E-state index is 11.5. The molecule has 0 radical (unpaired) electrons. The first-order valence-electron chi connectivity index (χ1n) is 42.4. The molecule has 33 nitrogen and oxygen atoms in total. The molecule has 41 heteroatoms. The molecule has 4 amide bonds. The Bertz CT molecular complexity index is 5740. The van der Waals surface area contributed by atoms with Gasteiger partial charge >= 0.3 is 0 Å². The molecule has 11 N–H and O–H groups in total. The summed E-state index contributed by atoms with van der Waals surface area (Å²) in [7, 11) is 8.39. The van der Waals surface area contributed by atoms with Crippen LogP contribution >= 0.6 is 93.5 Å². The predicted molar refractivity (Wildman–Crippen MR) is 520 cm³/mol. The molecule has 6 aromatic carbocycles. The number of hydrogen-bond donors (Lipinski definition) is 7. The van der Waals surface area contributed by atoms with Gasteiger partial charge in [-0.3, -0.25) is 29.1 Å². The summed E-state index contributed by atoms with van der Waals surface area (Å²) in [5.41, 5.74) is 28.3. The molecular formula is C93H100Cl4N22O11S4. The fourth-order valence-corrected chi connectivity index (χ4v) is 18.5. The van der Waals surface area contributed by atoms with E-state index in [0.717, 1.165) is 146 Å². The lowest BCUT2D eigenvalue weighted by molar-refractivity contribution is 0.0992. The number of piperazine rings is 4. The number of aliphatic hydroxyl groups excluding tert-OH is 2. The van der Waals surface area contributed by atoms with Crippen LogP contribution in [0.15, 0.2) is 222 Å². The Labute approximate surface area is 812 Å². The van der Waals surface area contributed by atoms with Crippen molar-refractivity contribution >= 4 is 141 Å². The van der Waals surface area contributed by atoms with E-state index < -0.39 is 23.6 Å². The Morgan fingerprint density at radius 2 is 0.642 bits per heavy atom. The van der Waals surface area contributed by atoms with Crippen LogP contribution in [0.25, 0.3) is 0 Å². The van der Waals surface area contributed by atoms with Gasteiger partial charge < -0.3 is 96.4 Å². The number of phenolic OH excluding ortho intramolecular Hbond substituents is 1. The van der Waals surface area contributed by atoms with Crippen LogP contribution < -0.4 is 61.5 Å². The normalized spacial score (nSPS) is 14.3. The number of aromatic hydroxyl groups is 1. The Morgan fingerprint density at radius 3 is 0.948 bits per heavy atom. The van der Waals surface area contributed by atoms with E-state index in [1.165, 1.54) is 52.6 Å². The van der Waals surface area contributed by atoms with Gasteiger partial charge in [0.15, 0.2) is 0 Å². The van der Waals surface area contributed by atoms with Gasteiger partial charge in [-0.1, -0.05) is 141 Å². The van der Waals surface area contributed by atoms with Crippen LogP contribution in [0.1, 0.15) is 80.8 Å². The minimum atomic E-state index is -0.581. The molecule has 0 spiro atoms. The summed E-state index contributed by atoms with van der Waals surface area (Å²) in [6.07, 6.45) is 8.63. The van der Waals surface area contributed by atoms with Gasteiger partial charge in [-0.15, -0.1) is 0 Å². The van der Waals surface area contributed by atoms with Crippen LogP contribution in [0.5, 0.6) is 29.3 Å². The largest absolute Gasteiger partial charge is 0.508 e. The average Bonchev–Trinajstić information content (AvgIpc) is 0.823. The van der Waals surface area contributed by atoms with E-state index in [1.807, 2.05) is 36.4 Å². The number of hydrogen-bond acceptors (Lipinski definition) is 33. The molecule has 0 atom stereocenters. The molecule has 0 saturated carbocycles. The summed E-state index contributed by atoms with van der Waals surface area (Å²) >= 11 is 30.5. The number of halogens is 4. The third-order valence-corrected chi connectivity index (χ3v) is 26.5. The first kappa shape index (κ1) is 99.8. The fourth-order valence-electron chi connectivity index (χ4n) is 13.7. The molecule has 0 unspecified atom stereocenters. The molecular weight excluding hydrogens is 1870 g/mol. The highest BCUT2D eigenvalue weighted by atomic mass is 35.5. The second-order valence-electron chi connectivity index (χ2n) is 31.4. The Kier molecular flexibility index (Phi) is 36.1. The number of anilines is 4. The molecule has 4 fully saturated rings. The lowest BCUT2D eigenvalue weighted by atomic mass is 10.1. The number of nitrogens with zero attached hydrogens (tertiary/aromatic N) is 18. The second kappa shape index (κ2) is 48.5. The summed E-state index contributed by atoms with van der Waals surface area (Å²) in [6.45, 7) is 17.1. The number of carbonyl (C=O) groups is 4. The molecule has 0 bridgehead atoms. The summed E-state index contributed by atoms with van der Waals surface area (Å²) in [5, 5.41) is 29.6. The van der Waals surface area contributed by atoms with E-state index in [1.54, 1.807) is 134 Å². The first-order chi connectivity index (χ1) is 64.6. The van der Waals surface area contributed by atoms with Gasteiger partial charge in [0, 0.05) is 130 Å². The van der Waals surface area contributed by atoms with Crippen LogP contribution in [0.2, 0.25) is 20.1 Å². The molecule has 6 aromatic heterocycles. The predicted octanol–water partition coefficient (Wildman–Crippen LogP) is 12.6. The molecule has 4 aliphatic heterocycles. The van der Waals surface area contributed by atoms with Crippen LogP contribution in [-0.4, -0.2) is 241 Å². The van der Waals surface area contributed by atoms with Crippen molar-refractivity contribution in [1.29, 1.82) is 0 Å². The zero-order valence-corrected chi connectivity index (χ0v) is 80.3. The highest BCUT2D eigenvalue weighted by Gasteiger charge is 2.27. The third kappa shape index (κ3) is 28.7. The Balaban J connectivity index is 0.000000152. The number of pyridine rings is 2. The summed E-state index contributed by atoms with van der Waals surface area (Å²) < 4.78 is 24.4. The van der Waals surface area contributed by atoms with Crippen LogP contribution in [0, 0.1) is 6.92 Å². The maximum Gasteiger partial charge on any atom is 0.250 e. The van der Waals surface area contributed by atoms with Crippen molar-refractivity contribution in [2.45, 2.75) is 85.7 Å². The van der Waals surface area contributed by atoms with Crippen molar-refractivity contribution in [3.05, 3.63) is 264 Å². The first-order valence-corrected chi connectivity index (χ1v) is 47.2. The number of amides is 4. The Hall–Kier alpha value is -11.7. The standard InChI is InChI=1S/C24H26ClN5O2S.2C23H25ClN6O3S.C23H24ClN5O3S/c1-16-4-3-5-17(12-16)15-32-23-21(33-18-6-7-19(22(26)31)20(25)13-18)14-27-24(28-23)30-10-8-29(2)9-11-30;1-29-6-8-30(9-7-29)23-27-12-20(34-17-2-3-18(21(25)32)19(24)11-17)22(28-23)33-14-15-4-5-26-16(10-15)13-31;1-29-7-9-30(10-8-29)23-26-12-20(34-17-5-6-18(21(25)32)19(24)11-17)22(28-23)33-14-16-4-2-3-15(13-31)27-16;1-28-7-9-29(10-8-28)23-26-13-20(33-17-5-6-18(21(25)31)19(24)12-17)22(27-23)32-14-15-3-2-4-16(30)11-15/h3-7,12-14H,8-11,15H2,1-2H3,(H2,26,31);2-5,10-12,31H,6-9,13-14H2,1H3,(H2,25,32);2-6,11-12,31H,7-10,13-14H2,1H3,(H2,25,32);2-6,11-13,30H,7-10,14H2,1H3,(H2,25,31). The number of nitrogens with two attached hydrogens (primary N) is 4. The van der Waals surface area contributed by atoms with Crippen LogP contribution in [-0.2, 0) is 39.6 Å². The summed E-state index contributed by atoms with van der Waals surface area (Å²) in [4.78, 5) is 115. The molecule has 4 saturated heterocycles. The molecule has 134 heavy (non-hydrogen) atoms. The summed E-state index contributed by atoms with van der Waals surface area (Å²) in [5.74, 6) is 2.17. The minimum Gasteiger partial charge on any atom is -0.508 e. The Morgan fingerprint density at radius 1 is 0.343 bits per heavy atom. The van der Waals surface area contributed by atoms with Gasteiger partial charge in [-0.25, -0.2) is 19.9 Å². The van der Waals surface area contributed by atoms with E-state index in [-0.39, 0.29) is 70.5 Å². The average molecular weight is 1970 g/mol. The number of primary amides is 4. The van der Waals surface area contributed by atoms with Gasteiger partial charge in [0.1, 0.15) is 32.2 Å². The van der Waals surface area contributed by atoms with E-state index >= 15 is 0 Å². The highest BCUT2D eigenvalue weighted by Crippen LogP contribution is 2.42.